The molecule has 1 amide bonds. The topological polar surface area (TPSA) is 71.3 Å². The van der Waals surface area contributed by atoms with E-state index in [4.69, 9.17) is 0 Å². The van der Waals surface area contributed by atoms with Gasteiger partial charge >= 0.3 is 0 Å². The minimum absolute atomic E-state index is 0.0518. The zero-order valence-electron chi connectivity index (χ0n) is 13.8. The van der Waals surface area contributed by atoms with Gasteiger partial charge in [0.25, 0.3) is 0 Å². The van der Waals surface area contributed by atoms with E-state index in [2.05, 4.69) is 33.6 Å². The minimum atomic E-state index is 0.0518. The van der Waals surface area contributed by atoms with Gasteiger partial charge in [0, 0.05) is 30.2 Å². The van der Waals surface area contributed by atoms with E-state index in [-0.39, 0.29) is 11.9 Å². The molecule has 3 heterocycles. The Kier molecular flexibility index (Phi) is 5.10. The molecule has 0 aliphatic rings. The van der Waals surface area contributed by atoms with Crippen molar-refractivity contribution in [3.05, 3.63) is 46.7 Å². The van der Waals surface area contributed by atoms with E-state index in [9.17, 15) is 4.79 Å². The largest absolute Gasteiger partial charge is 0.369 e. The van der Waals surface area contributed by atoms with Gasteiger partial charge in [-0.2, -0.15) is 0 Å². The van der Waals surface area contributed by atoms with Gasteiger partial charge in [-0.1, -0.05) is 13.0 Å². The van der Waals surface area contributed by atoms with Crippen LogP contribution in [0.3, 0.4) is 0 Å². The van der Waals surface area contributed by atoms with Crippen molar-refractivity contribution in [2.45, 2.75) is 32.7 Å². The molecule has 1 atom stereocenters. The van der Waals surface area contributed by atoms with Crippen molar-refractivity contribution in [1.29, 1.82) is 0 Å². The van der Waals surface area contributed by atoms with Crippen LogP contribution in [0.4, 0.5) is 5.82 Å². The van der Waals surface area contributed by atoms with Crippen LogP contribution in [0.2, 0.25) is 0 Å². The molecule has 0 fully saturated rings. The van der Waals surface area contributed by atoms with Crippen molar-refractivity contribution in [1.82, 2.24) is 19.7 Å². The lowest BCUT2D eigenvalue weighted by atomic mass is 10.2. The molecule has 1 unspecified atom stereocenters. The zero-order valence-corrected chi connectivity index (χ0v) is 14.6. The fourth-order valence-electron chi connectivity index (χ4n) is 2.66. The number of amides is 1. The predicted molar refractivity (Wildman–Crippen MR) is 96.3 cm³/mol. The summed E-state index contributed by atoms with van der Waals surface area (Å²) in [6.45, 7) is 4.59. The molecule has 3 aromatic rings. The van der Waals surface area contributed by atoms with Crippen LogP contribution in [-0.2, 0) is 4.79 Å². The van der Waals surface area contributed by atoms with Gasteiger partial charge < -0.3 is 10.6 Å². The van der Waals surface area contributed by atoms with Crippen LogP contribution < -0.4 is 10.6 Å². The Bertz CT molecular complexity index is 812. The molecule has 126 valence electrons. The highest BCUT2D eigenvalue weighted by molar-refractivity contribution is 7.10. The van der Waals surface area contributed by atoms with Crippen LogP contribution in [0.1, 0.15) is 36.4 Å². The smallest absolute Gasteiger partial charge is 0.222 e. The molecule has 0 aliphatic carbocycles. The molecule has 0 aliphatic heterocycles. The number of aryl methyl sites for hydroxylation is 1. The molecule has 0 saturated heterocycles. The summed E-state index contributed by atoms with van der Waals surface area (Å²) in [4.78, 5) is 21.9. The fourth-order valence-corrected chi connectivity index (χ4v) is 3.52. The Morgan fingerprint density at radius 3 is 3.08 bits per heavy atom. The lowest BCUT2D eigenvalue weighted by Crippen LogP contribution is -2.29. The summed E-state index contributed by atoms with van der Waals surface area (Å²) in [5, 5.41) is 8.44. The molecule has 0 spiro atoms. The van der Waals surface area contributed by atoms with Gasteiger partial charge in [0.2, 0.25) is 5.91 Å². The van der Waals surface area contributed by atoms with Gasteiger partial charge in [-0.25, -0.2) is 4.98 Å². The zero-order chi connectivity index (χ0) is 16.9. The Balaban J connectivity index is 1.56. The van der Waals surface area contributed by atoms with Gasteiger partial charge in [-0.3, -0.25) is 14.2 Å². The normalized spacial score (nSPS) is 12.2. The second-order valence-electron chi connectivity index (χ2n) is 5.57. The molecular formula is C17H21N5OS. The number of aromatic nitrogens is 3. The Hall–Kier alpha value is -2.41. The molecule has 24 heavy (non-hydrogen) atoms. The minimum Gasteiger partial charge on any atom is -0.369 e. The Morgan fingerprint density at radius 2 is 2.33 bits per heavy atom. The van der Waals surface area contributed by atoms with Crippen LogP contribution >= 0.6 is 11.3 Å². The van der Waals surface area contributed by atoms with E-state index in [0.717, 1.165) is 23.6 Å². The maximum atomic E-state index is 12.2. The number of nitrogens with one attached hydrogen (secondary N) is 2. The maximum absolute atomic E-state index is 12.2. The molecule has 2 N–H and O–H groups in total. The number of thiophene rings is 1. The number of anilines is 1. The van der Waals surface area contributed by atoms with Crippen LogP contribution in [0.25, 0.3) is 5.65 Å². The standard InChI is InChI=1S/C17H21N5OS/c1-3-13(14-5-4-10-24-14)21-16(23)6-7-19-17-12(2)20-15-11-18-8-9-22(15)17/h4-5,8-11,13,19H,3,6-7H2,1-2H3,(H,21,23). The summed E-state index contributed by atoms with van der Waals surface area (Å²) in [7, 11) is 0. The highest BCUT2D eigenvalue weighted by Crippen LogP contribution is 2.21. The maximum Gasteiger partial charge on any atom is 0.222 e. The molecule has 0 radical (unpaired) electrons. The molecule has 6 nitrogen and oxygen atoms in total. The quantitative estimate of drug-likeness (QED) is 0.691. The SMILES string of the molecule is CCC(NC(=O)CCNc1c(C)nc2cnccn12)c1cccs1. The summed E-state index contributed by atoms with van der Waals surface area (Å²) >= 11 is 1.67. The Labute approximate surface area is 145 Å². The first kappa shape index (κ1) is 16.4. The highest BCUT2D eigenvalue weighted by Gasteiger charge is 2.14. The molecule has 7 heteroatoms. The third-order valence-corrected chi connectivity index (χ3v) is 4.87. The lowest BCUT2D eigenvalue weighted by Gasteiger charge is -2.15. The third-order valence-electron chi connectivity index (χ3n) is 3.88. The molecule has 0 bridgehead atoms. The summed E-state index contributed by atoms with van der Waals surface area (Å²) in [6.07, 6.45) is 6.61. The van der Waals surface area contributed by atoms with Gasteiger partial charge in [0.1, 0.15) is 5.82 Å². The van der Waals surface area contributed by atoms with Crippen molar-refractivity contribution in [3.8, 4) is 0 Å². The predicted octanol–water partition coefficient (Wildman–Crippen LogP) is 3.17. The first-order valence-electron chi connectivity index (χ1n) is 8.04. The number of rotatable bonds is 7. The van der Waals surface area contributed by atoms with Crippen LogP contribution in [0.5, 0.6) is 0 Å². The number of fused-ring (bicyclic) bond motifs is 1. The molecule has 3 rings (SSSR count). The molecule has 0 saturated carbocycles. The molecule has 0 aromatic carbocycles. The third kappa shape index (κ3) is 3.56. The summed E-state index contributed by atoms with van der Waals surface area (Å²) < 4.78 is 1.95. The lowest BCUT2D eigenvalue weighted by molar-refractivity contribution is -0.121. The Morgan fingerprint density at radius 1 is 1.46 bits per heavy atom. The first-order chi connectivity index (χ1) is 11.7. The molecule has 3 aromatic heterocycles. The van der Waals surface area contributed by atoms with Crippen molar-refractivity contribution >= 4 is 28.7 Å². The van der Waals surface area contributed by atoms with Gasteiger partial charge in [0.15, 0.2) is 5.65 Å². The van der Waals surface area contributed by atoms with E-state index in [1.807, 2.05) is 29.0 Å². The van der Waals surface area contributed by atoms with E-state index in [1.54, 1.807) is 23.7 Å². The van der Waals surface area contributed by atoms with E-state index < -0.39 is 0 Å². The second-order valence-corrected chi connectivity index (χ2v) is 6.55. The number of imidazole rings is 1. The first-order valence-corrected chi connectivity index (χ1v) is 8.92. The van der Waals surface area contributed by atoms with E-state index in [1.165, 1.54) is 4.88 Å². The van der Waals surface area contributed by atoms with Crippen LogP contribution in [-0.4, -0.2) is 26.8 Å². The monoisotopic (exact) mass is 343 g/mol. The van der Waals surface area contributed by atoms with Crippen molar-refractivity contribution in [2.24, 2.45) is 0 Å². The number of carbonyl (C=O) groups excluding carboxylic acids is 1. The average Bonchev–Trinajstić information content (AvgIpc) is 3.21. The van der Waals surface area contributed by atoms with Gasteiger partial charge in [0.05, 0.1) is 17.9 Å². The molecular weight excluding hydrogens is 322 g/mol. The summed E-state index contributed by atoms with van der Waals surface area (Å²) in [6, 6.07) is 4.17. The van der Waals surface area contributed by atoms with Crippen molar-refractivity contribution in [3.63, 3.8) is 0 Å². The average molecular weight is 343 g/mol. The fraction of sp³-hybridized carbons (Fsp3) is 0.353. The second kappa shape index (κ2) is 7.44. The highest BCUT2D eigenvalue weighted by atomic mass is 32.1. The van der Waals surface area contributed by atoms with Crippen LogP contribution in [0, 0.1) is 6.92 Å². The number of nitrogens with zero attached hydrogens (tertiary/aromatic N) is 3. The summed E-state index contributed by atoms with van der Waals surface area (Å²) in [5.41, 5.74) is 1.69. The van der Waals surface area contributed by atoms with Crippen molar-refractivity contribution < 1.29 is 4.79 Å². The van der Waals surface area contributed by atoms with E-state index in [0.29, 0.717) is 13.0 Å². The van der Waals surface area contributed by atoms with Crippen LogP contribution in [0.15, 0.2) is 36.1 Å². The van der Waals surface area contributed by atoms with Gasteiger partial charge in [-0.15, -0.1) is 11.3 Å². The number of hydrogen-bond acceptors (Lipinski definition) is 5. The van der Waals surface area contributed by atoms with E-state index >= 15 is 0 Å². The summed E-state index contributed by atoms with van der Waals surface area (Å²) in [5.74, 6) is 0.960. The van der Waals surface area contributed by atoms with Gasteiger partial charge in [-0.05, 0) is 24.8 Å². The number of carbonyl (C=O) groups is 1. The van der Waals surface area contributed by atoms with Crippen molar-refractivity contribution in [2.75, 3.05) is 11.9 Å². The number of hydrogen-bond donors (Lipinski definition) is 2.